The molecule has 5 nitrogen and oxygen atoms in total. The highest BCUT2D eigenvalue weighted by atomic mass is 16.3. The van der Waals surface area contributed by atoms with E-state index in [0.29, 0.717) is 22.9 Å². The number of furan rings is 1. The normalized spacial score (nSPS) is 11.2. The van der Waals surface area contributed by atoms with E-state index in [1.165, 1.54) is 6.26 Å². The Morgan fingerprint density at radius 2 is 2.15 bits per heavy atom. The Morgan fingerprint density at radius 1 is 1.35 bits per heavy atom. The van der Waals surface area contributed by atoms with Gasteiger partial charge >= 0.3 is 0 Å². The van der Waals surface area contributed by atoms with Gasteiger partial charge in [0.05, 0.1) is 5.56 Å². The van der Waals surface area contributed by atoms with Crippen LogP contribution in [0.1, 0.15) is 35.8 Å². The standard InChI is InChI=1S/C15H15N3O2/c1-9(2)12-7-14(18-17-12)16-15(19)11-8-20-13-6-4-3-5-10(11)13/h3-9H,1-2H3,(H2,16,17,18,19). The highest BCUT2D eigenvalue weighted by Gasteiger charge is 2.15. The maximum atomic E-state index is 12.2. The van der Waals surface area contributed by atoms with Gasteiger partial charge in [0.15, 0.2) is 5.82 Å². The first-order valence-corrected chi connectivity index (χ1v) is 6.48. The van der Waals surface area contributed by atoms with Crippen LogP contribution < -0.4 is 5.32 Å². The average Bonchev–Trinajstić information content (AvgIpc) is 3.04. The van der Waals surface area contributed by atoms with Crippen LogP contribution in [0.4, 0.5) is 5.82 Å². The maximum absolute atomic E-state index is 12.2. The number of para-hydroxylation sites is 1. The lowest BCUT2D eigenvalue weighted by atomic mass is 10.1. The van der Waals surface area contributed by atoms with Crippen LogP contribution in [0.5, 0.6) is 0 Å². The Kier molecular flexibility index (Phi) is 3.02. The van der Waals surface area contributed by atoms with Gasteiger partial charge in [-0.3, -0.25) is 9.89 Å². The van der Waals surface area contributed by atoms with Gasteiger partial charge in [-0.25, -0.2) is 0 Å². The molecule has 2 heterocycles. The number of nitrogens with zero attached hydrogens (tertiary/aromatic N) is 1. The zero-order chi connectivity index (χ0) is 14.1. The minimum Gasteiger partial charge on any atom is -0.463 e. The number of amides is 1. The number of hydrogen-bond acceptors (Lipinski definition) is 3. The molecule has 0 fully saturated rings. The first-order valence-electron chi connectivity index (χ1n) is 6.48. The van der Waals surface area contributed by atoms with Gasteiger partial charge in [0, 0.05) is 17.1 Å². The summed E-state index contributed by atoms with van der Waals surface area (Å²) in [7, 11) is 0. The number of anilines is 1. The number of hydrogen-bond donors (Lipinski definition) is 2. The fourth-order valence-electron chi connectivity index (χ4n) is 2.03. The number of carbonyl (C=O) groups excluding carboxylic acids is 1. The largest absolute Gasteiger partial charge is 0.463 e. The molecule has 0 bridgehead atoms. The minimum atomic E-state index is -0.225. The fraction of sp³-hybridized carbons (Fsp3) is 0.200. The Labute approximate surface area is 116 Å². The second-order valence-corrected chi connectivity index (χ2v) is 4.96. The Morgan fingerprint density at radius 3 is 2.90 bits per heavy atom. The van der Waals surface area contributed by atoms with E-state index in [9.17, 15) is 4.79 Å². The van der Waals surface area contributed by atoms with Crippen LogP contribution in [0.2, 0.25) is 0 Å². The van der Waals surface area contributed by atoms with Gasteiger partial charge in [-0.15, -0.1) is 0 Å². The van der Waals surface area contributed by atoms with E-state index < -0.39 is 0 Å². The first kappa shape index (κ1) is 12.5. The highest BCUT2D eigenvalue weighted by molar-refractivity contribution is 6.11. The summed E-state index contributed by atoms with van der Waals surface area (Å²) < 4.78 is 5.36. The summed E-state index contributed by atoms with van der Waals surface area (Å²) in [6.45, 7) is 4.12. The van der Waals surface area contributed by atoms with Crippen LogP contribution in [0.15, 0.2) is 41.0 Å². The van der Waals surface area contributed by atoms with E-state index in [-0.39, 0.29) is 5.91 Å². The molecular formula is C15H15N3O2. The lowest BCUT2D eigenvalue weighted by Crippen LogP contribution is -2.11. The molecule has 0 aliphatic heterocycles. The van der Waals surface area contributed by atoms with Gasteiger partial charge in [-0.05, 0) is 12.0 Å². The molecule has 0 saturated heterocycles. The van der Waals surface area contributed by atoms with Crippen molar-refractivity contribution < 1.29 is 9.21 Å². The molecule has 0 radical (unpaired) electrons. The van der Waals surface area contributed by atoms with E-state index >= 15 is 0 Å². The second-order valence-electron chi connectivity index (χ2n) is 4.96. The van der Waals surface area contributed by atoms with Gasteiger partial charge in [0.25, 0.3) is 5.91 Å². The predicted octanol–water partition coefficient (Wildman–Crippen LogP) is 3.53. The Balaban J connectivity index is 1.85. The number of aromatic amines is 1. The molecular weight excluding hydrogens is 254 g/mol. The summed E-state index contributed by atoms with van der Waals surface area (Å²) in [5.74, 6) is 0.628. The van der Waals surface area contributed by atoms with E-state index in [4.69, 9.17) is 4.42 Å². The zero-order valence-corrected chi connectivity index (χ0v) is 11.3. The summed E-state index contributed by atoms with van der Waals surface area (Å²) in [4.78, 5) is 12.2. The summed E-state index contributed by atoms with van der Waals surface area (Å²) >= 11 is 0. The SMILES string of the molecule is CC(C)c1cc(NC(=O)c2coc3ccccc23)n[nH]1. The molecule has 0 unspecified atom stereocenters. The van der Waals surface area contributed by atoms with Crippen molar-refractivity contribution in [2.45, 2.75) is 19.8 Å². The fourth-order valence-corrected chi connectivity index (χ4v) is 2.03. The van der Waals surface area contributed by atoms with Crippen molar-refractivity contribution in [1.82, 2.24) is 10.2 Å². The topological polar surface area (TPSA) is 70.9 Å². The summed E-state index contributed by atoms with van der Waals surface area (Å²) in [5, 5.41) is 10.6. The lowest BCUT2D eigenvalue weighted by Gasteiger charge is -1.99. The molecule has 3 aromatic rings. The predicted molar refractivity (Wildman–Crippen MR) is 76.8 cm³/mol. The zero-order valence-electron chi connectivity index (χ0n) is 11.3. The molecule has 2 aromatic heterocycles. The van der Waals surface area contributed by atoms with Crippen molar-refractivity contribution in [2.75, 3.05) is 5.32 Å². The van der Waals surface area contributed by atoms with Gasteiger partial charge in [-0.1, -0.05) is 32.0 Å². The van der Waals surface area contributed by atoms with Crippen molar-refractivity contribution >= 4 is 22.7 Å². The molecule has 0 aliphatic rings. The lowest BCUT2D eigenvalue weighted by molar-refractivity contribution is 0.102. The third kappa shape index (κ3) is 2.18. The number of aromatic nitrogens is 2. The number of nitrogens with one attached hydrogen (secondary N) is 2. The van der Waals surface area contributed by atoms with Crippen LogP contribution in [0, 0.1) is 0 Å². The minimum absolute atomic E-state index is 0.225. The molecule has 1 aromatic carbocycles. The molecule has 5 heteroatoms. The van der Waals surface area contributed by atoms with Crippen LogP contribution in [-0.2, 0) is 0 Å². The van der Waals surface area contributed by atoms with Crippen molar-refractivity contribution in [1.29, 1.82) is 0 Å². The van der Waals surface area contributed by atoms with Gasteiger partial charge in [0.2, 0.25) is 0 Å². The van der Waals surface area contributed by atoms with Gasteiger partial charge in [-0.2, -0.15) is 5.10 Å². The molecule has 20 heavy (non-hydrogen) atoms. The second kappa shape index (κ2) is 4.85. The van der Waals surface area contributed by atoms with E-state index in [1.807, 2.05) is 30.3 Å². The van der Waals surface area contributed by atoms with Crippen LogP contribution >= 0.6 is 0 Å². The number of fused-ring (bicyclic) bond motifs is 1. The van der Waals surface area contributed by atoms with Crippen molar-refractivity contribution in [3.63, 3.8) is 0 Å². The van der Waals surface area contributed by atoms with Crippen molar-refractivity contribution in [2.24, 2.45) is 0 Å². The molecule has 3 rings (SSSR count). The third-order valence-corrected chi connectivity index (χ3v) is 3.19. The van der Waals surface area contributed by atoms with E-state index in [1.54, 1.807) is 0 Å². The molecule has 1 amide bonds. The Bertz CT molecular complexity index is 755. The average molecular weight is 269 g/mol. The van der Waals surface area contributed by atoms with Crippen LogP contribution in [0.3, 0.4) is 0 Å². The summed E-state index contributed by atoms with van der Waals surface area (Å²) in [5.41, 5.74) is 2.19. The van der Waals surface area contributed by atoms with Gasteiger partial charge in [0.1, 0.15) is 11.8 Å². The van der Waals surface area contributed by atoms with Crippen molar-refractivity contribution in [3.8, 4) is 0 Å². The molecule has 0 spiro atoms. The third-order valence-electron chi connectivity index (χ3n) is 3.19. The molecule has 0 atom stereocenters. The van der Waals surface area contributed by atoms with E-state index in [0.717, 1.165) is 11.1 Å². The smallest absolute Gasteiger partial charge is 0.260 e. The summed E-state index contributed by atoms with van der Waals surface area (Å²) in [6.07, 6.45) is 1.47. The molecule has 102 valence electrons. The number of rotatable bonds is 3. The van der Waals surface area contributed by atoms with E-state index in [2.05, 4.69) is 29.4 Å². The van der Waals surface area contributed by atoms with Gasteiger partial charge < -0.3 is 9.73 Å². The number of H-pyrrole nitrogens is 1. The number of benzene rings is 1. The molecule has 0 aliphatic carbocycles. The summed E-state index contributed by atoms with van der Waals surface area (Å²) in [6, 6.07) is 9.27. The monoisotopic (exact) mass is 269 g/mol. The van der Waals surface area contributed by atoms with Crippen molar-refractivity contribution in [3.05, 3.63) is 47.9 Å². The van der Waals surface area contributed by atoms with Crippen LogP contribution in [-0.4, -0.2) is 16.1 Å². The maximum Gasteiger partial charge on any atom is 0.260 e. The first-order chi connectivity index (χ1) is 9.65. The van der Waals surface area contributed by atoms with Crippen LogP contribution in [0.25, 0.3) is 11.0 Å². The Hall–Kier alpha value is -2.56. The molecule has 2 N–H and O–H groups in total. The molecule has 0 saturated carbocycles. The highest BCUT2D eigenvalue weighted by Crippen LogP contribution is 2.22. The number of carbonyl (C=O) groups is 1. The quantitative estimate of drug-likeness (QED) is 0.764.